The molecule has 0 spiro atoms. The molecular formula is C14H17N3O2. The molecule has 5 nitrogen and oxygen atoms in total. The minimum Gasteiger partial charge on any atom is -0.391 e. The van der Waals surface area contributed by atoms with E-state index in [1.54, 1.807) is 13.0 Å². The molecule has 0 bridgehead atoms. The van der Waals surface area contributed by atoms with Gasteiger partial charge in [0.25, 0.3) is 5.91 Å². The van der Waals surface area contributed by atoms with Gasteiger partial charge in [0.05, 0.1) is 23.4 Å². The van der Waals surface area contributed by atoms with E-state index >= 15 is 0 Å². The van der Waals surface area contributed by atoms with E-state index in [0.29, 0.717) is 11.3 Å². The molecule has 2 N–H and O–H groups in total. The summed E-state index contributed by atoms with van der Waals surface area (Å²) >= 11 is 0. The lowest BCUT2D eigenvalue weighted by atomic mass is 9.92. The maximum Gasteiger partial charge on any atom is 0.270 e. The van der Waals surface area contributed by atoms with Crippen LogP contribution in [0.3, 0.4) is 0 Å². The summed E-state index contributed by atoms with van der Waals surface area (Å²) in [5.41, 5.74) is 1.29. The van der Waals surface area contributed by atoms with Crippen molar-refractivity contribution in [2.75, 3.05) is 0 Å². The summed E-state index contributed by atoms with van der Waals surface area (Å²) in [7, 11) is 0. The number of rotatable bonds is 2. The van der Waals surface area contributed by atoms with Gasteiger partial charge in [-0.1, -0.05) is 12.8 Å². The fourth-order valence-corrected chi connectivity index (χ4v) is 2.33. The molecule has 1 heterocycles. The Hall–Kier alpha value is -1.93. The number of hydrogen-bond acceptors (Lipinski definition) is 4. The highest BCUT2D eigenvalue weighted by molar-refractivity contribution is 5.92. The molecule has 0 aliphatic heterocycles. The van der Waals surface area contributed by atoms with E-state index in [-0.39, 0.29) is 17.6 Å². The second-order valence-electron chi connectivity index (χ2n) is 4.87. The Labute approximate surface area is 112 Å². The summed E-state index contributed by atoms with van der Waals surface area (Å²) < 4.78 is 0. The fourth-order valence-electron chi connectivity index (χ4n) is 2.33. The first-order valence-corrected chi connectivity index (χ1v) is 6.48. The van der Waals surface area contributed by atoms with Gasteiger partial charge in [0.1, 0.15) is 11.8 Å². The Morgan fingerprint density at radius 3 is 2.84 bits per heavy atom. The largest absolute Gasteiger partial charge is 0.391 e. The molecule has 0 aromatic carbocycles. The molecule has 1 aliphatic carbocycles. The van der Waals surface area contributed by atoms with E-state index in [4.69, 9.17) is 5.26 Å². The van der Waals surface area contributed by atoms with Crippen molar-refractivity contribution in [3.8, 4) is 6.07 Å². The minimum absolute atomic E-state index is 0.195. The molecule has 1 aliphatic rings. The van der Waals surface area contributed by atoms with Gasteiger partial charge in [-0.15, -0.1) is 0 Å². The number of aryl methyl sites for hydroxylation is 1. The van der Waals surface area contributed by atoms with Crippen LogP contribution in [-0.2, 0) is 0 Å². The van der Waals surface area contributed by atoms with Crippen LogP contribution in [0, 0.1) is 18.3 Å². The summed E-state index contributed by atoms with van der Waals surface area (Å²) in [5, 5.41) is 21.5. The van der Waals surface area contributed by atoms with Crippen LogP contribution in [0.1, 0.15) is 47.4 Å². The van der Waals surface area contributed by atoms with Crippen LogP contribution >= 0.6 is 0 Å². The normalized spacial score (nSPS) is 22.6. The van der Waals surface area contributed by atoms with Gasteiger partial charge in [0.2, 0.25) is 0 Å². The molecule has 0 radical (unpaired) electrons. The highest BCUT2D eigenvalue weighted by atomic mass is 16.3. The molecule has 100 valence electrons. The molecule has 1 saturated carbocycles. The van der Waals surface area contributed by atoms with Crippen molar-refractivity contribution in [3.05, 3.63) is 29.1 Å². The van der Waals surface area contributed by atoms with Gasteiger partial charge in [0.15, 0.2) is 0 Å². The van der Waals surface area contributed by atoms with Crippen LogP contribution in [0.25, 0.3) is 0 Å². The predicted molar refractivity (Wildman–Crippen MR) is 69.4 cm³/mol. The number of pyridine rings is 1. The van der Waals surface area contributed by atoms with E-state index in [1.165, 1.54) is 6.07 Å². The zero-order valence-electron chi connectivity index (χ0n) is 10.9. The van der Waals surface area contributed by atoms with Gasteiger partial charge < -0.3 is 10.4 Å². The molecule has 1 fully saturated rings. The van der Waals surface area contributed by atoms with Crippen molar-refractivity contribution < 1.29 is 9.90 Å². The number of hydrogen-bond donors (Lipinski definition) is 2. The maximum atomic E-state index is 12.0. The van der Waals surface area contributed by atoms with Gasteiger partial charge in [0, 0.05) is 0 Å². The van der Waals surface area contributed by atoms with Crippen LogP contribution in [0.4, 0.5) is 0 Å². The van der Waals surface area contributed by atoms with Crippen molar-refractivity contribution in [2.45, 2.75) is 44.8 Å². The second kappa shape index (κ2) is 5.81. The number of aliphatic hydroxyl groups excluding tert-OH is 1. The minimum atomic E-state index is -0.475. The van der Waals surface area contributed by atoms with Crippen LogP contribution in [-0.4, -0.2) is 28.1 Å². The second-order valence-corrected chi connectivity index (χ2v) is 4.87. The number of carbonyl (C=O) groups is 1. The summed E-state index contributed by atoms with van der Waals surface area (Å²) in [6.45, 7) is 1.70. The van der Waals surface area contributed by atoms with Gasteiger partial charge in [-0.3, -0.25) is 4.79 Å². The van der Waals surface area contributed by atoms with Crippen LogP contribution < -0.4 is 5.32 Å². The van der Waals surface area contributed by atoms with Crippen LogP contribution in [0.2, 0.25) is 0 Å². The first-order chi connectivity index (χ1) is 9.11. The standard InChI is InChI=1S/C14H17N3O2/c1-9-10(8-15)6-7-12(16-9)14(19)17-11-4-2-3-5-13(11)18/h6-7,11,13,18H,2-5H2,1H3,(H,17,19). The van der Waals surface area contributed by atoms with Crippen LogP contribution in [0.5, 0.6) is 0 Å². The number of aliphatic hydroxyl groups is 1. The molecule has 2 atom stereocenters. The van der Waals surface area contributed by atoms with Gasteiger partial charge in [-0.2, -0.15) is 5.26 Å². The number of carbonyl (C=O) groups excluding carboxylic acids is 1. The summed E-state index contributed by atoms with van der Waals surface area (Å²) in [5.74, 6) is -0.293. The zero-order chi connectivity index (χ0) is 13.8. The van der Waals surface area contributed by atoms with Crippen LogP contribution in [0.15, 0.2) is 12.1 Å². The summed E-state index contributed by atoms with van der Waals surface area (Å²) in [6, 6.07) is 4.95. The number of amides is 1. The molecule has 1 aromatic rings. The average Bonchev–Trinajstić information content (AvgIpc) is 2.41. The Morgan fingerprint density at radius 2 is 2.21 bits per heavy atom. The molecule has 5 heteroatoms. The maximum absolute atomic E-state index is 12.0. The van der Waals surface area contributed by atoms with Gasteiger partial charge >= 0.3 is 0 Å². The first-order valence-electron chi connectivity index (χ1n) is 6.48. The molecule has 1 aromatic heterocycles. The van der Waals surface area contributed by atoms with Crippen molar-refractivity contribution in [1.82, 2.24) is 10.3 Å². The highest BCUT2D eigenvalue weighted by Gasteiger charge is 2.25. The van der Waals surface area contributed by atoms with Crippen molar-refractivity contribution in [2.24, 2.45) is 0 Å². The molecule has 2 rings (SSSR count). The fraction of sp³-hybridized carbons (Fsp3) is 0.500. The quantitative estimate of drug-likeness (QED) is 0.838. The molecule has 1 amide bonds. The first kappa shape index (κ1) is 13.5. The number of nitriles is 1. The Balaban J connectivity index is 2.07. The Kier molecular flexibility index (Phi) is 4.13. The van der Waals surface area contributed by atoms with E-state index in [0.717, 1.165) is 25.7 Å². The Bertz CT molecular complexity index is 522. The molecule has 0 saturated heterocycles. The average molecular weight is 259 g/mol. The predicted octanol–water partition coefficient (Wildman–Crippen LogP) is 1.29. The third kappa shape index (κ3) is 3.09. The van der Waals surface area contributed by atoms with Crippen molar-refractivity contribution >= 4 is 5.91 Å². The highest BCUT2D eigenvalue weighted by Crippen LogP contribution is 2.18. The van der Waals surface area contributed by atoms with Crippen molar-refractivity contribution in [1.29, 1.82) is 5.26 Å². The molecular weight excluding hydrogens is 242 g/mol. The SMILES string of the molecule is Cc1nc(C(=O)NC2CCCCC2O)ccc1C#N. The lowest BCUT2D eigenvalue weighted by Gasteiger charge is -2.28. The van der Waals surface area contributed by atoms with Crippen molar-refractivity contribution in [3.63, 3.8) is 0 Å². The molecule has 2 unspecified atom stereocenters. The smallest absolute Gasteiger partial charge is 0.270 e. The summed E-state index contributed by atoms with van der Waals surface area (Å²) in [4.78, 5) is 16.2. The lowest BCUT2D eigenvalue weighted by Crippen LogP contribution is -2.45. The Morgan fingerprint density at radius 1 is 1.47 bits per heavy atom. The lowest BCUT2D eigenvalue weighted by molar-refractivity contribution is 0.0713. The van der Waals surface area contributed by atoms with E-state index in [9.17, 15) is 9.90 Å². The van der Waals surface area contributed by atoms with Gasteiger partial charge in [-0.05, 0) is 31.9 Å². The third-order valence-corrected chi connectivity index (χ3v) is 3.48. The number of nitrogens with one attached hydrogen (secondary N) is 1. The van der Waals surface area contributed by atoms with E-state index in [1.807, 2.05) is 6.07 Å². The monoisotopic (exact) mass is 259 g/mol. The summed E-state index contributed by atoms with van der Waals surface area (Å²) in [6.07, 6.45) is 3.06. The topological polar surface area (TPSA) is 86.0 Å². The molecule has 19 heavy (non-hydrogen) atoms. The number of aromatic nitrogens is 1. The van der Waals surface area contributed by atoms with Gasteiger partial charge in [-0.25, -0.2) is 4.98 Å². The zero-order valence-corrected chi connectivity index (χ0v) is 10.9. The van der Waals surface area contributed by atoms with E-state index in [2.05, 4.69) is 10.3 Å². The number of nitrogens with zero attached hydrogens (tertiary/aromatic N) is 2. The van der Waals surface area contributed by atoms with E-state index < -0.39 is 6.10 Å². The third-order valence-electron chi connectivity index (χ3n) is 3.48.